The third-order valence-electron chi connectivity index (χ3n) is 3.65. The molecule has 1 amide bonds. The lowest BCUT2D eigenvalue weighted by atomic mass is 10.2. The Kier molecular flexibility index (Phi) is 5.46. The highest BCUT2D eigenvalue weighted by Crippen LogP contribution is 2.17. The highest BCUT2D eigenvalue weighted by molar-refractivity contribution is 5.95. The molecule has 1 aromatic heterocycles. The molecule has 0 aromatic carbocycles. The standard InChI is InChI=1S/C14H21FN4O2/c1-16-13-12(15)11(3-4-17-13)14(21)19-6-2-5-18(7-8-19)9-10-20/h3-4,20H,2,5-10H2,1H3,(H,16,17). The molecule has 1 aromatic rings. The Morgan fingerprint density at radius 1 is 1.43 bits per heavy atom. The predicted molar refractivity (Wildman–Crippen MR) is 77.8 cm³/mol. The molecule has 1 saturated heterocycles. The second kappa shape index (κ2) is 7.33. The maximum absolute atomic E-state index is 14.2. The molecule has 0 bridgehead atoms. The first-order valence-electron chi connectivity index (χ1n) is 7.12. The van der Waals surface area contributed by atoms with Crippen molar-refractivity contribution < 1.29 is 14.3 Å². The minimum atomic E-state index is -0.610. The largest absolute Gasteiger partial charge is 0.395 e. The average molecular weight is 296 g/mol. The summed E-state index contributed by atoms with van der Waals surface area (Å²) in [6, 6.07) is 1.41. The Labute approximate surface area is 123 Å². The van der Waals surface area contributed by atoms with E-state index in [0.717, 1.165) is 13.0 Å². The van der Waals surface area contributed by atoms with Gasteiger partial charge in [0.25, 0.3) is 5.91 Å². The van der Waals surface area contributed by atoms with E-state index in [1.807, 2.05) is 0 Å². The van der Waals surface area contributed by atoms with Crippen molar-refractivity contribution in [2.45, 2.75) is 6.42 Å². The van der Waals surface area contributed by atoms with Crippen LogP contribution in [0, 0.1) is 5.82 Å². The van der Waals surface area contributed by atoms with Crippen molar-refractivity contribution in [2.24, 2.45) is 0 Å². The maximum Gasteiger partial charge on any atom is 0.257 e. The van der Waals surface area contributed by atoms with Gasteiger partial charge in [0.1, 0.15) is 0 Å². The van der Waals surface area contributed by atoms with E-state index in [1.165, 1.54) is 12.3 Å². The second-order valence-electron chi connectivity index (χ2n) is 4.98. The molecular weight excluding hydrogens is 275 g/mol. The van der Waals surface area contributed by atoms with Gasteiger partial charge in [0.05, 0.1) is 12.2 Å². The van der Waals surface area contributed by atoms with Crippen molar-refractivity contribution in [3.8, 4) is 0 Å². The van der Waals surface area contributed by atoms with Gasteiger partial charge in [-0.2, -0.15) is 0 Å². The molecule has 0 atom stereocenters. The third-order valence-corrected chi connectivity index (χ3v) is 3.65. The van der Waals surface area contributed by atoms with Crippen molar-refractivity contribution in [1.82, 2.24) is 14.8 Å². The van der Waals surface area contributed by atoms with Gasteiger partial charge in [-0.1, -0.05) is 0 Å². The van der Waals surface area contributed by atoms with Crippen LogP contribution < -0.4 is 5.32 Å². The normalized spacial score (nSPS) is 16.6. The molecule has 1 fully saturated rings. The number of hydrogen-bond donors (Lipinski definition) is 2. The van der Waals surface area contributed by atoms with Crippen molar-refractivity contribution >= 4 is 11.7 Å². The topological polar surface area (TPSA) is 68.7 Å². The molecule has 2 rings (SSSR count). The molecule has 0 aliphatic carbocycles. The van der Waals surface area contributed by atoms with E-state index in [9.17, 15) is 9.18 Å². The Bertz CT molecular complexity index is 498. The van der Waals surface area contributed by atoms with Crippen LogP contribution in [-0.4, -0.2) is 72.2 Å². The first-order chi connectivity index (χ1) is 10.2. The molecule has 0 unspecified atom stereocenters. The fourth-order valence-electron chi connectivity index (χ4n) is 2.49. The SMILES string of the molecule is CNc1nccc(C(=O)N2CCCN(CCO)CC2)c1F. The van der Waals surface area contributed by atoms with Gasteiger partial charge in [0, 0.05) is 39.4 Å². The fourth-order valence-corrected chi connectivity index (χ4v) is 2.49. The highest BCUT2D eigenvalue weighted by atomic mass is 19.1. The van der Waals surface area contributed by atoms with Crippen LogP contribution in [0.3, 0.4) is 0 Å². The van der Waals surface area contributed by atoms with Crippen LogP contribution in [0.2, 0.25) is 0 Å². The number of hydrogen-bond acceptors (Lipinski definition) is 5. The number of pyridine rings is 1. The quantitative estimate of drug-likeness (QED) is 0.842. The molecule has 2 heterocycles. The first kappa shape index (κ1) is 15.7. The van der Waals surface area contributed by atoms with E-state index < -0.39 is 5.82 Å². The van der Waals surface area contributed by atoms with Crippen molar-refractivity contribution in [3.63, 3.8) is 0 Å². The summed E-state index contributed by atoms with van der Waals surface area (Å²) in [5.74, 6) is -0.837. The third kappa shape index (κ3) is 3.68. The monoisotopic (exact) mass is 296 g/mol. The van der Waals surface area contributed by atoms with Gasteiger partial charge in [-0.25, -0.2) is 9.37 Å². The number of amides is 1. The van der Waals surface area contributed by atoms with Crippen LogP contribution in [0.4, 0.5) is 10.2 Å². The Morgan fingerprint density at radius 2 is 2.24 bits per heavy atom. The van der Waals surface area contributed by atoms with E-state index in [2.05, 4.69) is 15.2 Å². The minimum absolute atomic E-state index is 0.0463. The zero-order valence-electron chi connectivity index (χ0n) is 12.2. The van der Waals surface area contributed by atoms with Gasteiger partial charge in [-0.15, -0.1) is 0 Å². The van der Waals surface area contributed by atoms with Gasteiger partial charge in [0.15, 0.2) is 11.6 Å². The molecule has 1 aliphatic heterocycles. The molecule has 2 N–H and O–H groups in total. The van der Waals surface area contributed by atoms with Gasteiger partial charge in [-0.05, 0) is 19.0 Å². The Balaban J connectivity index is 2.10. The number of carbonyl (C=O) groups is 1. The zero-order valence-corrected chi connectivity index (χ0v) is 12.2. The summed E-state index contributed by atoms with van der Waals surface area (Å²) in [5, 5.41) is 11.6. The number of β-amino-alcohol motifs (C(OH)–C–C–N with tert-alkyl or cyclic N) is 1. The molecule has 116 valence electrons. The zero-order chi connectivity index (χ0) is 15.2. The second-order valence-corrected chi connectivity index (χ2v) is 4.98. The molecule has 7 heteroatoms. The molecule has 21 heavy (non-hydrogen) atoms. The lowest BCUT2D eigenvalue weighted by molar-refractivity contribution is 0.0756. The van der Waals surface area contributed by atoms with Crippen LogP contribution in [0.25, 0.3) is 0 Å². The van der Waals surface area contributed by atoms with E-state index in [4.69, 9.17) is 5.11 Å². The van der Waals surface area contributed by atoms with Gasteiger partial charge >= 0.3 is 0 Å². The van der Waals surface area contributed by atoms with Crippen LogP contribution in [0.5, 0.6) is 0 Å². The predicted octanol–water partition coefficient (Wildman–Crippen LogP) is 0.403. The summed E-state index contributed by atoms with van der Waals surface area (Å²) < 4.78 is 14.2. The lowest BCUT2D eigenvalue weighted by Crippen LogP contribution is -2.36. The van der Waals surface area contributed by atoms with E-state index in [1.54, 1.807) is 11.9 Å². The van der Waals surface area contributed by atoms with Gasteiger partial charge in [-0.3, -0.25) is 9.69 Å². The molecule has 6 nitrogen and oxygen atoms in total. The highest BCUT2D eigenvalue weighted by Gasteiger charge is 2.23. The maximum atomic E-state index is 14.2. The average Bonchev–Trinajstić information content (AvgIpc) is 2.73. The van der Waals surface area contributed by atoms with Crippen LogP contribution >= 0.6 is 0 Å². The number of aliphatic hydroxyl groups excluding tert-OH is 1. The van der Waals surface area contributed by atoms with Crippen molar-refractivity contribution in [1.29, 1.82) is 0 Å². The van der Waals surface area contributed by atoms with Gasteiger partial charge < -0.3 is 15.3 Å². The number of halogens is 1. The molecule has 0 saturated carbocycles. The number of nitrogens with one attached hydrogen (secondary N) is 1. The number of rotatable bonds is 4. The summed E-state index contributed by atoms with van der Waals surface area (Å²) in [7, 11) is 1.57. The van der Waals surface area contributed by atoms with Gasteiger partial charge in [0.2, 0.25) is 0 Å². The lowest BCUT2D eigenvalue weighted by Gasteiger charge is -2.22. The van der Waals surface area contributed by atoms with E-state index >= 15 is 0 Å². The fraction of sp³-hybridized carbons (Fsp3) is 0.571. The number of anilines is 1. The Hall–Kier alpha value is -1.73. The molecule has 1 aliphatic rings. The molecule has 0 spiro atoms. The van der Waals surface area contributed by atoms with Crippen LogP contribution in [0.1, 0.15) is 16.8 Å². The summed E-state index contributed by atoms with van der Waals surface area (Å²) in [5.41, 5.74) is 0.0463. The number of aliphatic hydroxyl groups is 1. The summed E-state index contributed by atoms with van der Waals surface area (Å²) >= 11 is 0. The molecule has 0 radical (unpaired) electrons. The Morgan fingerprint density at radius 3 is 2.95 bits per heavy atom. The van der Waals surface area contributed by atoms with Crippen LogP contribution in [0.15, 0.2) is 12.3 Å². The van der Waals surface area contributed by atoms with Crippen molar-refractivity contribution in [2.75, 3.05) is 51.7 Å². The van der Waals surface area contributed by atoms with Crippen molar-refractivity contribution in [3.05, 3.63) is 23.6 Å². The first-order valence-corrected chi connectivity index (χ1v) is 7.12. The summed E-state index contributed by atoms with van der Waals surface area (Å²) in [6.45, 7) is 3.38. The van der Waals surface area contributed by atoms with E-state index in [-0.39, 0.29) is 23.9 Å². The summed E-state index contributed by atoms with van der Waals surface area (Å²) in [6.07, 6.45) is 2.25. The number of aromatic nitrogens is 1. The minimum Gasteiger partial charge on any atom is -0.395 e. The smallest absolute Gasteiger partial charge is 0.257 e. The number of nitrogens with zero attached hydrogens (tertiary/aromatic N) is 3. The summed E-state index contributed by atoms with van der Waals surface area (Å²) in [4.78, 5) is 20.1. The molecular formula is C14H21FN4O2. The van der Waals surface area contributed by atoms with E-state index in [0.29, 0.717) is 26.2 Å². The van der Waals surface area contributed by atoms with Crippen LogP contribution in [-0.2, 0) is 0 Å². The number of carbonyl (C=O) groups excluding carboxylic acids is 1.